The predicted molar refractivity (Wildman–Crippen MR) is 98.1 cm³/mol. The fourth-order valence-electron chi connectivity index (χ4n) is 2.45. The molecule has 0 aliphatic rings. The van der Waals surface area contributed by atoms with E-state index in [9.17, 15) is 9.59 Å². The number of anilines is 1. The van der Waals surface area contributed by atoms with Gasteiger partial charge in [0.2, 0.25) is 11.7 Å². The number of nitrogens with one attached hydrogen (secondary N) is 1. The van der Waals surface area contributed by atoms with E-state index in [0.29, 0.717) is 11.3 Å². The highest BCUT2D eigenvalue weighted by Crippen LogP contribution is 2.14. The van der Waals surface area contributed by atoms with Crippen molar-refractivity contribution in [3.05, 3.63) is 52.8 Å². The fourth-order valence-corrected chi connectivity index (χ4v) is 2.45. The fraction of sp³-hybridized carbons (Fsp3) is 0.316. The summed E-state index contributed by atoms with van der Waals surface area (Å²) in [4.78, 5) is 28.5. The Morgan fingerprint density at radius 1 is 1.16 bits per heavy atom. The van der Waals surface area contributed by atoms with E-state index in [-0.39, 0.29) is 18.3 Å². The topological polar surface area (TPSA) is 72.7 Å². The maximum absolute atomic E-state index is 12.2. The molecule has 2 rings (SSSR count). The average molecular weight is 341 g/mol. The number of oxime groups is 1. The van der Waals surface area contributed by atoms with Gasteiger partial charge in [-0.25, -0.2) is 0 Å². The highest BCUT2D eigenvalue weighted by atomic mass is 16.6. The zero-order chi connectivity index (χ0) is 18.6. The van der Waals surface area contributed by atoms with Gasteiger partial charge in [0.15, 0.2) is 6.61 Å². The van der Waals surface area contributed by atoms with Crippen molar-refractivity contribution in [2.24, 2.45) is 12.2 Å². The Morgan fingerprint density at radius 2 is 1.80 bits per heavy atom. The Balaban J connectivity index is 1.97. The van der Waals surface area contributed by atoms with E-state index in [2.05, 4.69) is 10.5 Å². The highest BCUT2D eigenvalue weighted by molar-refractivity contribution is 6.00. The summed E-state index contributed by atoms with van der Waals surface area (Å²) < 4.78 is 1.97. The van der Waals surface area contributed by atoms with E-state index in [1.54, 1.807) is 19.1 Å². The third-order valence-electron chi connectivity index (χ3n) is 4.10. The van der Waals surface area contributed by atoms with Crippen LogP contribution in [0.2, 0.25) is 0 Å². The minimum Gasteiger partial charge on any atom is -0.387 e. The van der Waals surface area contributed by atoms with Crippen LogP contribution < -0.4 is 5.32 Å². The van der Waals surface area contributed by atoms with Crippen molar-refractivity contribution in [2.75, 3.05) is 11.9 Å². The van der Waals surface area contributed by atoms with Crippen molar-refractivity contribution in [2.45, 2.75) is 27.7 Å². The van der Waals surface area contributed by atoms with Crippen molar-refractivity contribution in [1.82, 2.24) is 4.57 Å². The Labute approximate surface area is 147 Å². The van der Waals surface area contributed by atoms with Crippen LogP contribution in [0, 0.1) is 13.8 Å². The van der Waals surface area contributed by atoms with Gasteiger partial charge < -0.3 is 14.7 Å². The molecule has 132 valence electrons. The maximum atomic E-state index is 12.2. The summed E-state index contributed by atoms with van der Waals surface area (Å²) in [7, 11) is 1.93. The van der Waals surface area contributed by atoms with Crippen LogP contribution in [0.25, 0.3) is 0 Å². The average Bonchev–Trinajstić information content (AvgIpc) is 2.82. The molecule has 0 saturated heterocycles. The number of carbonyl (C=O) groups excluding carboxylic acids is 2. The first-order valence-electron chi connectivity index (χ1n) is 8.00. The molecule has 1 aromatic heterocycles. The molecule has 0 aliphatic carbocycles. The summed E-state index contributed by atoms with van der Waals surface area (Å²) in [5, 5.41) is 6.71. The number of aromatic nitrogens is 1. The minimum absolute atomic E-state index is 0.0984. The normalized spacial score (nSPS) is 11.3. The Kier molecular flexibility index (Phi) is 5.75. The van der Waals surface area contributed by atoms with Gasteiger partial charge in [-0.3, -0.25) is 9.59 Å². The summed E-state index contributed by atoms with van der Waals surface area (Å²) in [5.74, 6) is -0.217. The summed E-state index contributed by atoms with van der Waals surface area (Å²) in [6.45, 7) is 7.02. The van der Waals surface area contributed by atoms with Crippen LogP contribution in [-0.2, 0) is 16.7 Å². The second kappa shape index (κ2) is 7.79. The van der Waals surface area contributed by atoms with Crippen LogP contribution in [0.4, 0.5) is 5.69 Å². The molecule has 25 heavy (non-hydrogen) atoms. The van der Waals surface area contributed by atoms with Crippen LogP contribution in [0.1, 0.15) is 41.2 Å². The number of ketones is 1. The van der Waals surface area contributed by atoms with Crippen molar-refractivity contribution in [3.8, 4) is 0 Å². The number of Topliss-reactive ketones (excluding diaryl/α,β-unsaturated/α-hetero) is 1. The van der Waals surface area contributed by atoms with Crippen molar-refractivity contribution < 1.29 is 14.4 Å². The lowest BCUT2D eigenvalue weighted by Crippen LogP contribution is -2.09. The SMILES string of the molecule is CC(=O)Nc1ccc(/C(C)=N/OCC(=O)c2cc(C)n(C)c2C)cc1. The van der Waals surface area contributed by atoms with E-state index in [0.717, 1.165) is 22.6 Å². The summed E-state index contributed by atoms with van der Waals surface area (Å²) in [5.41, 5.74) is 4.83. The molecule has 1 aromatic carbocycles. The number of aryl methyl sites for hydroxylation is 1. The molecule has 1 amide bonds. The molecule has 6 heteroatoms. The molecule has 0 saturated carbocycles. The van der Waals surface area contributed by atoms with E-state index < -0.39 is 0 Å². The molecule has 0 unspecified atom stereocenters. The van der Waals surface area contributed by atoms with Gasteiger partial charge in [-0.2, -0.15) is 0 Å². The van der Waals surface area contributed by atoms with Crippen LogP contribution in [0.15, 0.2) is 35.5 Å². The quantitative estimate of drug-likeness (QED) is 0.498. The third kappa shape index (κ3) is 4.56. The lowest BCUT2D eigenvalue weighted by atomic mass is 10.1. The van der Waals surface area contributed by atoms with E-state index >= 15 is 0 Å². The summed E-state index contributed by atoms with van der Waals surface area (Å²) in [6.07, 6.45) is 0. The second-order valence-electron chi connectivity index (χ2n) is 5.98. The number of carbonyl (C=O) groups is 2. The van der Waals surface area contributed by atoms with Crippen molar-refractivity contribution >= 4 is 23.1 Å². The first-order valence-corrected chi connectivity index (χ1v) is 8.00. The second-order valence-corrected chi connectivity index (χ2v) is 5.98. The molecule has 1 N–H and O–H groups in total. The zero-order valence-electron chi connectivity index (χ0n) is 15.2. The smallest absolute Gasteiger partial charge is 0.221 e. The zero-order valence-corrected chi connectivity index (χ0v) is 15.2. The first-order chi connectivity index (χ1) is 11.8. The van der Waals surface area contributed by atoms with E-state index in [1.807, 2.05) is 43.7 Å². The number of amides is 1. The molecule has 2 aromatic rings. The van der Waals surface area contributed by atoms with Gasteiger partial charge in [0.05, 0.1) is 5.71 Å². The molecule has 0 aliphatic heterocycles. The van der Waals surface area contributed by atoms with Gasteiger partial charge in [0, 0.05) is 36.6 Å². The standard InChI is InChI=1S/C19H23N3O3/c1-12-10-18(14(3)22(12)5)19(24)11-25-21-13(2)16-6-8-17(9-7-16)20-15(4)23/h6-10H,11H2,1-5H3,(H,20,23)/b21-13+. The van der Waals surface area contributed by atoms with Crippen LogP contribution in [0.3, 0.4) is 0 Å². The van der Waals surface area contributed by atoms with Gasteiger partial charge in [-0.15, -0.1) is 0 Å². The summed E-state index contributed by atoms with van der Waals surface area (Å²) >= 11 is 0. The molecular weight excluding hydrogens is 318 g/mol. The molecule has 0 radical (unpaired) electrons. The van der Waals surface area contributed by atoms with Gasteiger partial charge in [-0.1, -0.05) is 17.3 Å². The predicted octanol–water partition coefficient (Wildman–Crippen LogP) is 3.22. The number of rotatable bonds is 6. The lowest BCUT2D eigenvalue weighted by Gasteiger charge is -2.05. The largest absolute Gasteiger partial charge is 0.387 e. The first kappa shape index (κ1) is 18.4. The van der Waals surface area contributed by atoms with Gasteiger partial charge in [0.1, 0.15) is 0 Å². The third-order valence-corrected chi connectivity index (χ3v) is 4.10. The maximum Gasteiger partial charge on any atom is 0.221 e. The van der Waals surface area contributed by atoms with Gasteiger partial charge in [-0.05, 0) is 44.5 Å². The Bertz CT molecular complexity index is 817. The van der Waals surface area contributed by atoms with Crippen molar-refractivity contribution in [3.63, 3.8) is 0 Å². The summed E-state index contributed by atoms with van der Waals surface area (Å²) in [6, 6.07) is 9.10. The molecule has 0 bridgehead atoms. The molecule has 0 fully saturated rings. The van der Waals surface area contributed by atoms with E-state index in [1.165, 1.54) is 6.92 Å². The number of benzene rings is 1. The Hall–Kier alpha value is -2.89. The van der Waals surface area contributed by atoms with Crippen LogP contribution >= 0.6 is 0 Å². The monoisotopic (exact) mass is 341 g/mol. The van der Waals surface area contributed by atoms with Crippen LogP contribution in [0.5, 0.6) is 0 Å². The highest BCUT2D eigenvalue weighted by Gasteiger charge is 2.14. The molecular formula is C19H23N3O3. The van der Waals surface area contributed by atoms with Crippen LogP contribution in [-0.4, -0.2) is 28.6 Å². The van der Waals surface area contributed by atoms with Gasteiger partial charge >= 0.3 is 0 Å². The lowest BCUT2D eigenvalue weighted by molar-refractivity contribution is -0.114. The minimum atomic E-state index is -0.119. The number of hydrogen-bond donors (Lipinski definition) is 1. The molecule has 0 atom stereocenters. The molecule has 0 spiro atoms. The van der Waals surface area contributed by atoms with E-state index in [4.69, 9.17) is 4.84 Å². The Morgan fingerprint density at radius 3 is 2.32 bits per heavy atom. The number of hydrogen-bond acceptors (Lipinski definition) is 4. The number of nitrogens with zero attached hydrogens (tertiary/aromatic N) is 2. The molecule has 6 nitrogen and oxygen atoms in total. The van der Waals surface area contributed by atoms with Crippen molar-refractivity contribution in [1.29, 1.82) is 0 Å². The van der Waals surface area contributed by atoms with Gasteiger partial charge in [0.25, 0.3) is 0 Å². The molecule has 1 heterocycles.